The van der Waals surface area contributed by atoms with Gasteiger partial charge in [0.2, 0.25) is 5.91 Å². The summed E-state index contributed by atoms with van der Waals surface area (Å²) in [7, 11) is 0. The minimum atomic E-state index is -0.592. The molecule has 108 valence electrons. The van der Waals surface area contributed by atoms with Crippen molar-refractivity contribution in [3.05, 3.63) is 28.7 Å². The van der Waals surface area contributed by atoms with Gasteiger partial charge in [-0.15, -0.1) is 0 Å². The third kappa shape index (κ3) is 1.80. The number of benzene rings is 1. The average molecular weight is 277 g/mol. The van der Waals surface area contributed by atoms with Crippen molar-refractivity contribution >= 4 is 17.3 Å². The van der Waals surface area contributed by atoms with Crippen molar-refractivity contribution in [1.29, 1.82) is 0 Å². The van der Waals surface area contributed by atoms with Crippen LogP contribution >= 0.6 is 0 Å². The third-order valence-electron chi connectivity index (χ3n) is 4.33. The number of hydrogen-bond acceptors (Lipinski definition) is 2. The van der Waals surface area contributed by atoms with Crippen molar-refractivity contribution in [2.24, 2.45) is 0 Å². The van der Waals surface area contributed by atoms with Crippen LogP contribution in [0.4, 0.5) is 11.4 Å². The third-order valence-corrected chi connectivity index (χ3v) is 4.33. The second-order valence-corrected chi connectivity index (χ2v) is 5.53. The fourth-order valence-corrected chi connectivity index (χ4v) is 3.14. The van der Waals surface area contributed by atoms with Crippen molar-refractivity contribution in [1.82, 2.24) is 0 Å². The molecule has 2 rings (SSSR count). The first-order chi connectivity index (χ1) is 9.39. The molecule has 0 aliphatic carbocycles. The van der Waals surface area contributed by atoms with Crippen molar-refractivity contribution in [3.8, 4) is 0 Å². The van der Waals surface area contributed by atoms with Crippen LogP contribution in [0.5, 0.6) is 0 Å². The Balaban J connectivity index is 2.70. The molecule has 0 saturated heterocycles. The first-order valence-corrected chi connectivity index (χ1v) is 7.03. The molecule has 20 heavy (non-hydrogen) atoms. The van der Waals surface area contributed by atoms with Crippen molar-refractivity contribution < 1.29 is 14.9 Å². The van der Waals surface area contributed by atoms with E-state index in [1.807, 2.05) is 27.7 Å². The smallest absolute Gasteiger partial charge is 0.309 e. The first kappa shape index (κ1) is 14.5. The molecule has 1 aliphatic heterocycles. The van der Waals surface area contributed by atoms with E-state index in [-0.39, 0.29) is 22.6 Å². The molecule has 1 aromatic carbocycles. The number of amides is 1. The van der Waals surface area contributed by atoms with Crippen molar-refractivity contribution in [2.75, 3.05) is 4.90 Å². The maximum atomic E-state index is 12.8. The van der Waals surface area contributed by atoms with E-state index >= 15 is 0 Å². The van der Waals surface area contributed by atoms with E-state index in [0.29, 0.717) is 12.8 Å². The summed E-state index contributed by atoms with van der Waals surface area (Å²) in [4.78, 5) is 25.6. The summed E-state index contributed by atoms with van der Waals surface area (Å²) in [6, 6.07) is 4.98. The maximum absolute atomic E-state index is 12.8. The van der Waals surface area contributed by atoms with Crippen LogP contribution in [0.1, 0.15) is 46.1 Å². The molecule has 0 aromatic heterocycles. The Morgan fingerprint density at radius 3 is 2.35 bits per heavy atom. The van der Waals surface area contributed by atoms with Gasteiger partial charge in [-0.25, -0.2) is 5.21 Å². The molecule has 0 fully saturated rings. The van der Waals surface area contributed by atoms with Gasteiger partial charge in [0.05, 0.1) is 10.3 Å². The highest BCUT2D eigenvalue weighted by atomic mass is 16.6. The van der Waals surface area contributed by atoms with Crippen LogP contribution in [-0.4, -0.2) is 22.1 Å². The molecule has 0 saturated carbocycles. The number of hydrogen-bond donors (Lipinski definition) is 1. The quantitative estimate of drug-likeness (QED) is 0.859. The van der Waals surface area contributed by atoms with Crippen LogP contribution in [0.15, 0.2) is 18.2 Å². The Hall–Kier alpha value is -1.91. The molecule has 5 nitrogen and oxygen atoms in total. The monoisotopic (exact) mass is 277 g/mol. The van der Waals surface area contributed by atoms with E-state index in [1.54, 1.807) is 17.0 Å². The zero-order valence-electron chi connectivity index (χ0n) is 12.4. The van der Waals surface area contributed by atoms with Gasteiger partial charge in [0.25, 0.3) is 4.92 Å². The summed E-state index contributed by atoms with van der Waals surface area (Å²) in [5, 5.41) is 9.09. The predicted molar refractivity (Wildman–Crippen MR) is 76.4 cm³/mol. The number of rotatable bonds is 4. The second-order valence-electron chi connectivity index (χ2n) is 5.53. The van der Waals surface area contributed by atoms with Crippen LogP contribution in [0.3, 0.4) is 0 Å². The molecule has 0 bridgehead atoms. The lowest BCUT2D eigenvalue weighted by Crippen LogP contribution is -2.42. The SMILES string of the molecule is CCC1(CC)C(=O)N(C(C)C)c2ccc([N+](=O)O)cc21. The van der Waals surface area contributed by atoms with Crippen LogP contribution in [0, 0.1) is 4.91 Å². The lowest BCUT2D eigenvalue weighted by molar-refractivity contribution is -0.729. The van der Waals surface area contributed by atoms with Gasteiger partial charge in [0.15, 0.2) is 0 Å². The van der Waals surface area contributed by atoms with Gasteiger partial charge in [-0.2, -0.15) is 0 Å². The normalized spacial score (nSPS) is 16.6. The van der Waals surface area contributed by atoms with E-state index in [2.05, 4.69) is 0 Å². The van der Waals surface area contributed by atoms with Gasteiger partial charge < -0.3 is 4.90 Å². The Labute approximate surface area is 118 Å². The van der Waals surface area contributed by atoms with Gasteiger partial charge in [-0.3, -0.25) is 4.79 Å². The molecular formula is C15H21N2O3+. The summed E-state index contributed by atoms with van der Waals surface area (Å²) in [5.41, 5.74) is 1.26. The van der Waals surface area contributed by atoms with Gasteiger partial charge in [0, 0.05) is 23.9 Å². The summed E-state index contributed by atoms with van der Waals surface area (Å²) in [5.74, 6) is 0.0834. The van der Waals surface area contributed by atoms with Crippen molar-refractivity contribution in [2.45, 2.75) is 52.0 Å². The number of nitrogens with zero attached hydrogens (tertiary/aromatic N) is 2. The average Bonchev–Trinajstić information content (AvgIpc) is 2.66. The molecule has 1 amide bonds. The van der Waals surface area contributed by atoms with Crippen LogP contribution in [0.2, 0.25) is 0 Å². The predicted octanol–water partition coefficient (Wildman–Crippen LogP) is 3.30. The highest BCUT2D eigenvalue weighted by Crippen LogP contribution is 2.48. The van der Waals surface area contributed by atoms with Gasteiger partial charge in [-0.1, -0.05) is 13.8 Å². The highest BCUT2D eigenvalue weighted by molar-refractivity contribution is 6.08. The topological polar surface area (TPSA) is 60.6 Å². The van der Waals surface area contributed by atoms with E-state index < -0.39 is 5.41 Å². The minimum Gasteiger partial charge on any atom is -0.309 e. The number of anilines is 1. The van der Waals surface area contributed by atoms with Crippen LogP contribution in [-0.2, 0) is 10.2 Å². The molecule has 1 N–H and O–H groups in total. The Bertz CT molecular complexity index is 562. The van der Waals surface area contributed by atoms with E-state index in [4.69, 9.17) is 5.21 Å². The largest absolute Gasteiger partial charge is 0.317 e. The number of carbonyl (C=O) groups excluding carboxylic acids is 1. The zero-order chi connectivity index (χ0) is 15.1. The van der Waals surface area contributed by atoms with Gasteiger partial charge in [0.1, 0.15) is 0 Å². The summed E-state index contributed by atoms with van der Waals surface area (Å²) < 4.78 is 0. The number of carbonyl (C=O) groups is 1. The lowest BCUT2D eigenvalue weighted by Gasteiger charge is -2.27. The summed E-state index contributed by atoms with van der Waals surface area (Å²) >= 11 is 0. The number of fused-ring (bicyclic) bond motifs is 1. The molecule has 0 spiro atoms. The lowest BCUT2D eigenvalue weighted by atomic mass is 9.77. The standard InChI is InChI=1S/C15H21N2O3/c1-5-15(6-2)12-9-11(17(19)20)7-8-13(12)16(10(3)4)14(15)18/h7-10H,5-6H2,1-4H3,(H,19,20)/q+1. The van der Waals surface area contributed by atoms with Gasteiger partial charge in [-0.05, 0) is 38.3 Å². The van der Waals surface area contributed by atoms with Crippen LogP contribution in [0.25, 0.3) is 0 Å². The van der Waals surface area contributed by atoms with Crippen LogP contribution < -0.4 is 4.90 Å². The Morgan fingerprint density at radius 1 is 1.30 bits per heavy atom. The highest BCUT2D eigenvalue weighted by Gasteiger charge is 2.49. The fourth-order valence-electron chi connectivity index (χ4n) is 3.14. The van der Waals surface area contributed by atoms with Crippen molar-refractivity contribution in [3.63, 3.8) is 0 Å². The molecule has 0 unspecified atom stereocenters. The molecule has 1 aromatic rings. The summed E-state index contributed by atoms with van der Waals surface area (Å²) in [6.07, 6.45) is 1.35. The first-order valence-electron chi connectivity index (χ1n) is 7.03. The maximum Gasteiger partial charge on any atom is 0.317 e. The van der Waals surface area contributed by atoms with E-state index in [9.17, 15) is 9.70 Å². The van der Waals surface area contributed by atoms with Gasteiger partial charge >= 0.3 is 5.69 Å². The Morgan fingerprint density at radius 2 is 1.90 bits per heavy atom. The Kier molecular flexibility index (Phi) is 3.54. The molecule has 0 atom stereocenters. The molecule has 0 radical (unpaired) electrons. The van der Waals surface area contributed by atoms with E-state index in [0.717, 1.165) is 11.3 Å². The zero-order valence-corrected chi connectivity index (χ0v) is 12.4. The molecule has 1 aliphatic rings. The molecular weight excluding hydrogens is 256 g/mol. The molecule has 5 heteroatoms. The summed E-state index contributed by atoms with van der Waals surface area (Å²) in [6.45, 7) is 7.91. The minimum absolute atomic E-state index is 0.0598. The fraction of sp³-hybridized carbons (Fsp3) is 0.533. The molecule has 1 heterocycles. The second kappa shape index (κ2) is 4.89. The van der Waals surface area contributed by atoms with E-state index in [1.165, 1.54) is 6.07 Å².